The van der Waals surface area contributed by atoms with Gasteiger partial charge in [-0.1, -0.05) is 6.07 Å². The topological polar surface area (TPSA) is 88.0 Å². The van der Waals surface area contributed by atoms with Gasteiger partial charge in [0.15, 0.2) is 5.69 Å². The first-order valence-electron chi connectivity index (χ1n) is 5.38. The van der Waals surface area contributed by atoms with Gasteiger partial charge in [-0.3, -0.25) is 4.98 Å². The number of aromatic carboxylic acids is 1. The van der Waals surface area contributed by atoms with Crippen LogP contribution < -0.4 is 5.32 Å². The number of nitrogens with one attached hydrogen (secondary N) is 1. The highest BCUT2D eigenvalue weighted by Gasteiger charge is 2.08. The number of pyridine rings is 1. The number of carboxylic acid groups (broad SMARTS) is 1. The van der Waals surface area contributed by atoms with Gasteiger partial charge < -0.3 is 10.4 Å². The largest absolute Gasteiger partial charge is 0.477 e. The Morgan fingerprint density at radius 3 is 2.89 bits per heavy atom. The highest BCUT2D eigenvalue weighted by molar-refractivity contribution is 5.85. The Morgan fingerprint density at radius 2 is 2.22 bits per heavy atom. The van der Waals surface area contributed by atoms with Crippen LogP contribution in [-0.2, 0) is 6.54 Å². The van der Waals surface area contributed by atoms with E-state index in [4.69, 9.17) is 5.11 Å². The van der Waals surface area contributed by atoms with E-state index in [0.29, 0.717) is 12.2 Å². The molecule has 92 valence electrons. The molecule has 6 nitrogen and oxygen atoms in total. The molecule has 0 saturated carbocycles. The first kappa shape index (κ1) is 12.0. The first-order valence-corrected chi connectivity index (χ1v) is 5.38. The van der Waals surface area contributed by atoms with E-state index in [9.17, 15) is 4.79 Å². The summed E-state index contributed by atoms with van der Waals surface area (Å²) in [6, 6.07) is 6.99. The summed E-state index contributed by atoms with van der Waals surface area (Å²) in [5.74, 6) is -0.778. The molecule has 0 aromatic carbocycles. The Bertz CT molecular complexity index is 557. The minimum absolute atomic E-state index is 0.0222. The second-order valence-electron chi connectivity index (χ2n) is 3.70. The van der Waals surface area contributed by atoms with Crippen molar-refractivity contribution in [2.75, 3.05) is 5.32 Å². The molecule has 0 atom stereocenters. The summed E-state index contributed by atoms with van der Waals surface area (Å²) in [7, 11) is 0. The molecule has 0 spiro atoms. The number of nitrogens with zero attached hydrogens (tertiary/aromatic N) is 3. The molecular formula is C12H12N4O2. The minimum Gasteiger partial charge on any atom is -0.477 e. The van der Waals surface area contributed by atoms with Crippen LogP contribution >= 0.6 is 0 Å². The molecule has 2 heterocycles. The number of hydrogen-bond acceptors (Lipinski definition) is 5. The summed E-state index contributed by atoms with van der Waals surface area (Å²) in [5, 5.41) is 11.8. The summed E-state index contributed by atoms with van der Waals surface area (Å²) in [6.45, 7) is 2.17. The van der Waals surface area contributed by atoms with Crippen LogP contribution in [0.15, 0.2) is 30.5 Å². The quantitative estimate of drug-likeness (QED) is 0.847. The van der Waals surface area contributed by atoms with Crippen molar-refractivity contribution in [2.45, 2.75) is 13.5 Å². The van der Waals surface area contributed by atoms with Gasteiger partial charge >= 0.3 is 5.97 Å². The number of rotatable bonds is 4. The van der Waals surface area contributed by atoms with Gasteiger partial charge in [0.2, 0.25) is 5.95 Å². The van der Waals surface area contributed by atoms with Crippen LogP contribution in [0.5, 0.6) is 0 Å². The van der Waals surface area contributed by atoms with Crippen LogP contribution in [0.2, 0.25) is 0 Å². The zero-order valence-electron chi connectivity index (χ0n) is 9.79. The monoisotopic (exact) mass is 244 g/mol. The summed E-state index contributed by atoms with van der Waals surface area (Å²) < 4.78 is 0. The third kappa shape index (κ3) is 3.00. The lowest BCUT2D eigenvalue weighted by Gasteiger charge is -2.05. The van der Waals surface area contributed by atoms with Crippen molar-refractivity contribution in [3.8, 4) is 0 Å². The minimum atomic E-state index is -1.07. The molecule has 0 amide bonds. The fourth-order valence-corrected chi connectivity index (χ4v) is 1.43. The van der Waals surface area contributed by atoms with Gasteiger partial charge in [-0.05, 0) is 25.1 Å². The van der Waals surface area contributed by atoms with Crippen LogP contribution in [0, 0.1) is 6.92 Å². The lowest BCUT2D eigenvalue weighted by atomic mass is 10.3. The number of carbonyl (C=O) groups is 1. The van der Waals surface area contributed by atoms with Gasteiger partial charge in [-0.2, -0.15) is 0 Å². The van der Waals surface area contributed by atoms with Crippen LogP contribution in [0.4, 0.5) is 5.95 Å². The predicted molar refractivity (Wildman–Crippen MR) is 65.3 cm³/mol. The lowest BCUT2D eigenvalue weighted by Crippen LogP contribution is -2.09. The van der Waals surface area contributed by atoms with Gasteiger partial charge in [0.25, 0.3) is 0 Å². The Balaban J connectivity index is 2.12. The van der Waals surface area contributed by atoms with Gasteiger partial charge in [0.1, 0.15) is 0 Å². The Labute approximate surface area is 104 Å². The second kappa shape index (κ2) is 5.22. The first-order chi connectivity index (χ1) is 8.65. The summed E-state index contributed by atoms with van der Waals surface area (Å²) >= 11 is 0. The molecule has 0 aliphatic heterocycles. The Hall–Kier alpha value is -2.50. The number of anilines is 1. The van der Waals surface area contributed by atoms with E-state index >= 15 is 0 Å². The summed E-state index contributed by atoms with van der Waals surface area (Å²) in [6.07, 6.45) is 1.69. The molecule has 0 fully saturated rings. The molecule has 0 bridgehead atoms. The van der Waals surface area contributed by atoms with E-state index in [1.165, 1.54) is 6.07 Å². The molecule has 0 aliphatic carbocycles. The van der Waals surface area contributed by atoms with Crippen LogP contribution in [0.3, 0.4) is 0 Å². The van der Waals surface area contributed by atoms with E-state index < -0.39 is 5.97 Å². The molecule has 0 aliphatic rings. The molecule has 2 aromatic heterocycles. The maximum atomic E-state index is 10.8. The molecule has 6 heteroatoms. The number of hydrogen-bond donors (Lipinski definition) is 2. The van der Waals surface area contributed by atoms with Crippen molar-refractivity contribution in [2.24, 2.45) is 0 Å². The smallest absolute Gasteiger partial charge is 0.354 e. The average molecular weight is 244 g/mol. The zero-order chi connectivity index (χ0) is 13.0. The standard InChI is InChI=1S/C12H12N4O2/c1-8-6-10(11(17)18)16-12(15-8)14-7-9-4-2-3-5-13-9/h2-6H,7H2,1H3,(H,17,18)(H,14,15,16). The Kier molecular flexibility index (Phi) is 3.47. The predicted octanol–water partition coefficient (Wildman–Crippen LogP) is 1.49. The lowest BCUT2D eigenvalue weighted by molar-refractivity contribution is 0.0690. The Morgan fingerprint density at radius 1 is 1.39 bits per heavy atom. The van der Waals surface area contributed by atoms with Crippen molar-refractivity contribution < 1.29 is 9.90 Å². The highest BCUT2D eigenvalue weighted by atomic mass is 16.4. The third-order valence-corrected chi connectivity index (χ3v) is 2.23. The molecule has 2 N–H and O–H groups in total. The molecule has 0 saturated heterocycles. The van der Waals surface area contributed by atoms with E-state index in [2.05, 4.69) is 20.3 Å². The van der Waals surface area contributed by atoms with Crippen LogP contribution in [0.1, 0.15) is 21.9 Å². The number of aromatic nitrogens is 3. The van der Waals surface area contributed by atoms with Crippen molar-refractivity contribution in [3.05, 3.63) is 47.5 Å². The molecule has 0 unspecified atom stereocenters. The van der Waals surface area contributed by atoms with Crippen molar-refractivity contribution in [3.63, 3.8) is 0 Å². The SMILES string of the molecule is Cc1cc(C(=O)O)nc(NCc2ccccn2)n1. The highest BCUT2D eigenvalue weighted by Crippen LogP contribution is 2.06. The summed E-state index contributed by atoms with van der Waals surface area (Å²) in [5.41, 5.74) is 1.41. The van der Waals surface area contributed by atoms with E-state index in [-0.39, 0.29) is 11.6 Å². The van der Waals surface area contributed by atoms with Crippen molar-refractivity contribution >= 4 is 11.9 Å². The van der Waals surface area contributed by atoms with Crippen molar-refractivity contribution in [1.29, 1.82) is 0 Å². The van der Waals surface area contributed by atoms with Crippen LogP contribution in [0.25, 0.3) is 0 Å². The summed E-state index contributed by atoms with van der Waals surface area (Å²) in [4.78, 5) is 23.0. The molecule has 18 heavy (non-hydrogen) atoms. The molecule has 2 rings (SSSR count). The normalized spacial score (nSPS) is 10.1. The van der Waals surface area contributed by atoms with Crippen LogP contribution in [-0.4, -0.2) is 26.0 Å². The average Bonchev–Trinajstić information content (AvgIpc) is 2.37. The van der Waals surface area contributed by atoms with Crippen molar-refractivity contribution in [1.82, 2.24) is 15.0 Å². The molecule has 0 radical (unpaired) electrons. The van der Waals surface area contributed by atoms with E-state index in [1.54, 1.807) is 13.1 Å². The third-order valence-electron chi connectivity index (χ3n) is 2.23. The van der Waals surface area contributed by atoms with E-state index in [0.717, 1.165) is 5.69 Å². The van der Waals surface area contributed by atoms with Gasteiger partial charge in [-0.15, -0.1) is 0 Å². The molecular weight excluding hydrogens is 232 g/mol. The zero-order valence-corrected chi connectivity index (χ0v) is 9.79. The fraction of sp³-hybridized carbons (Fsp3) is 0.167. The number of carboxylic acids is 1. The maximum absolute atomic E-state index is 10.8. The van der Waals surface area contributed by atoms with E-state index in [1.807, 2.05) is 18.2 Å². The second-order valence-corrected chi connectivity index (χ2v) is 3.70. The maximum Gasteiger partial charge on any atom is 0.354 e. The fourth-order valence-electron chi connectivity index (χ4n) is 1.43. The van der Waals surface area contributed by atoms with Gasteiger partial charge in [-0.25, -0.2) is 14.8 Å². The van der Waals surface area contributed by atoms with Gasteiger partial charge in [0.05, 0.1) is 12.2 Å². The number of aryl methyl sites for hydroxylation is 1. The molecule has 2 aromatic rings. The van der Waals surface area contributed by atoms with Gasteiger partial charge in [0, 0.05) is 11.9 Å².